The van der Waals surface area contributed by atoms with Crippen LogP contribution in [0.25, 0.3) is 10.9 Å². The van der Waals surface area contributed by atoms with Gasteiger partial charge in [0.25, 0.3) is 0 Å². The molecule has 2 aromatic carbocycles. The van der Waals surface area contributed by atoms with Gasteiger partial charge in [0, 0.05) is 5.39 Å². The third kappa shape index (κ3) is 5.03. The first kappa shape index (κ1) is 21.0. The van der Waals surface area contributed by atoms with Gasteiger partial charge in [-0.05, 0) is 37.6 Å². The van der Waals surface area contributed by atoms with Crippen LogP contribution >= 0.6 is 11.8 Å². The molecule has 2 atom stereocenters. The molecular weight excluding hydrogens is 406 g/mol. The predicted molar refractivity (Wildman–Crippen MR) is 103 cm³/mol. The van der Waals surface area contributed by atoms with Gasteiger partial charge in [0.15, 0.2) is 0 Å². The second-order valence-electron chi connectivity index (χ2n) is 6.41. The van der Waals surface area contributed by atoms with Gasteiger partial charge in [0.2, 0.25) is 11.7 Å². The first-order chi connectivity index (χ1) is 13.6. The Bertz CT molecular complexity index is 1020. The second-order valence-corrected chi connectivity index (χ2v) is 7.74. The molecule has 0 aliphatic carbocycles. The van der Waals surface area contributed by atoms with Gasteiger partial charge in [-0.2, -0.15) is 13.2 Å². The fraction of sp³-hybridized carbons (Fsp3) is 0.250. The van der Waals surface area contributed by atoms with Crippen LogP contribution in [0.5, 0.6) is 0 Å². The number of carbonyl (C=O) groups excluding carboxylic acids is 1. The van der Waals surface area contributed by atoms with Crippen molar-refractivity contribution >= 4 is 28.6 Å². The van der Waals surface area contributed by atoms with E-state index in [-0.39, 0.29) is 28.3 Å². The highest BCUT2D eigenvalue weighted by Gasteiger charge is 2.36. The largest absolute Gasteiger partial charge is 0.451 e. The first-order valence-corrected chi connectivity index (χ1v) is 9.59. The second kappa shape index (κ2) is 8.36. The number of fused-ring (bicyclic) bond motifs is 1. The summed E-state index contributed by atoms with van der Waals surface area (Å²) in [7, 11) is 0. The molecule has 0 aliphatic heterocycles. The molecule has 9 heteroatoms. The van der Waals surface area contributed by atoms with E-state index in [4.69, 9.17) is 0 Å². The van der Waals surface area contributed by atoms with Crippen LogP contribution < -0.4 is 5.32 Å². The van der Waals surface area contributed by atoms with Gasteiger partial charge in [-0.1, -0.05) is 42.1 Å². The smallest absolute Gasteiger partial charge is 0.349 e. The molecule has 2 unspecified atom stereocenters. The molecule has 0 fully saturated rings. The van der Waals surface area contributed by atoms with Gasteiger partial charge in [-0.15, -0.1) is 0 Å². The number of para-hydroxylation sites is 1. The van der Waals surface area contributed by atoms with Gasteiger partial charge in [-0.25, -0.2) is 14.4 Å². The highest BCUT2D eigenvalue weighted by Crippen LogP contribution is 2.33. The zero-order valence-electron chi connectivity index (χ0n) is 15.5. The van der Waals surface area contributed by atoms with Crippen LogP contribution in [0.4, 0.5) is 17.6 Å². The summed E-state index contributed by atoms with van der Waals surface area (Å²) in [5.41, 5.74) is 0.869. The van der Waals surface area contributed by atoms with Crippen LogP contribution in [0.3, 0.4) is 0 Å². The van der Waals surface area contributed by atoms with Crippen molar-refractivity contribution in [1.29, 1.82) is 0 Å². The van der Waals surface area contributed by atoms with Crippen LogP contribution in [0.15, 0.2) is 53.6 Å². The van der Waals surface area contributed by atoms with Crippen molar-refractivity contribution in [1.82, 2.24) is 15.3 Å². The quantitative estimate of drug-likeness (QED) is 0.351. The normalized spacial score (nSPS) is 13.9. The molecule has 29 heavy (non-hydrogen) atoms. The average molecular weight is 423 g/mol. The number of benzene rings is 2. The molecule has 4 nitrogen and oxygen atoms in total. The number of carbonyl (C=O) groups is 1. The number of nitrogens with zero attached hydrogens (tertiary/aromatic N) is 2. The van der Waals surface area contributed by atoms with Crippen molar-refractivity contribution < 1.29 is 22.4 Å². The minimum atomic E-state index is -4.69. The third-order valence-corrected chi connectivity index (χ3v) is 5.31. The molecule has 0 radical (unpaired) electrons. The molecule has 3 aromatic rings. The average Bonchev–Trinajstić information content (AvgIpc) is 2.67. The summed E-state index contributed by atoms with van der Waals surface area (Å²) in [6.07, 6.45) is -4.69. The number of nitrogens with one attached hydrogen (secondary N) is 1. The van der Waals surface area contributed by atoms with Gasteiger partial charge < -0.3 is 5.32 Å². The van der Waals surface area contributed by atoms with E-state index in [0.717, 1.165) is 11.8 Å². The zero-order chi connectivity index (χ0) is 21.2. The lowest BCUT2D eigenvalue weighted by Gasteiger charge is -2.18. The summed E-state index contributed by atoms with van der Waals surface area (Å²) < 4.78 is 52.5. The number of aromatic nitrogens is 2. The minimum Gasteiger partial charge on any atom is -0.349 e. The van der Waals surface area contributed by atoms with Gasteiger partial charge in [0.05, 0.1) is 16.8 Å². The first-order valence-electron chi connectivity index (χ1n) is 8.71. The summed E-state index contributed by atoms with van der Waals surface area (Å²) >= 11 is 0.928. The maximum Gasteiger partial charge on any atom is 0.451 e. The summed E-state index contributed by atoms with van der Waals surface area (Å²) in [6.45, 7) is 3.33. The molecule has 152 valence electrons. The van der Waals surface area contributed by atoms with Crippen molar-refractivity contribution in [3.8, 4) is 0 Å². The summed E-state index contributed by atoms with van der Waals surface area (Å²) in [5, 5.41) is 2.59. The van der Waals surface area contributed by atoms with E-state index >= 15 is 0 Å². The van der Waals surface area contributed by atoms with Gasteiger partial charge in [-0.3, -0.25) is 4.79 Å². The van der Waals surface area contributed by atoms with E-state index < -0.39 is 17.3 Å². The van der Waals surface area contributed by atoms with Crippen molar-refractivity contribution in [2.45, 2.75) is 36.3 Å². The molecule has 1 amide bonds. The number of alkyl halides is 3. The van der Waals surface area contributed by atoms with Crippen molar-refractivity contribution in [2.24, 2.45) is 0 Å². The van der Waals surface area contributed by atoms with E-state index in [1.165, 1.54) is 18.2 Å². The Balaban J connectivity index is 1.80. The molecule has 3 rings (SSSR count). The molecular formula is C20H17F4N3OS. The highest BCUT2D eigenvalue weighted by molar-refractivity contribution is 8.00. The maximum atomic E-state index is 13.1. The highest BCUT2D eigenvalue weighted by atomic mass is 32.2. The molecule has 0 spiro atoms. The molecule has 0 saturated carbocycles. The standard InChI is InChI=1S/C20H17F4N3OS/c1-11(13-7-9-14(21)10-8-13)25-17(28)12(2)29-18-15-5-3-4-6-16(15)26-19(27-18)20(22,23)24/h3-12H,1-2H3,(H,25,28). The van der Waals surface area contributed by atoms with E-state index in [0.29, 0.717) is 10.9 Å². The fourth-order valence-corrected chi connectivity index (χ4v) is 3.60. The monoisotopic (exact) mass is 423 g/mol. The number of halogens is 4. The van der Waals surface area contributed by atoms with Crippen molar-refractivity contribution in [3.05, 3.63) is 65.7 Å². The molecule has 0 saturated heterocycles. The molecule has 0 bridgehead atoms. The van der Waals surface area contributed by atoms with Gasteiger partial charge in [0.1, 0.15) is 10.8 Å². The number of rotatable bonds is 5. The van der Waals surface area contributed by atoms with Crippen LogP contribution in [0.1, 0.15) is 31.3 Å². The lowest BCUT2D eigenvalue weighted by molar-refractivity contribution is -0.145. The lowest BCUT2D eigenvalue weighted by atomic mass is 10.1. The number of hydrogen-bond donors (Lipinski definition) is 1. The van der Waals surface area contributed by atoms with E-state index in [2.05, 4.69) is 15.3 Å². The Morgan fingerprint density at radius 2 is 1.69 bits per heavy atom. The Hall–Kier alpha value is -2.68. The Labute approximate surface area is 168 Å². The molecule has 1 heterocycles. The van der Waals surface area contributed by atoms with Crippen LogP contribution in [0.2, 0.25) is 0 Å². The molecule has 0 aliphatic rings. The van der Waals surface area contributed by atoms with Crippen LogP contribution in [0, 0.1) is 5.82 Å². The minimum absolute atomic E-state index is 0.0833. The van der Waals surface area contributed by atoms with Gasteiger partial charge >= 0.3 is 6.18 Å². The summed E-state index contributed by atoms with van der Waals surface area (Å²) in [5.74, 6) is -2.00. The molecule has 1 aromatic heterocycles. The zero-order valence-corrected chi connectivity index (χ0v) is 16.3. The maximum absolute atomic E-state index is 13.1. The third-order valence-electron chi connectivity index (χ3n) is 4.21. The Morgan fingerprint density at radius 3 is 2.34 bits per heavy atom. The van der Waals surface area contributed by atoms with Crippen molar-refractivity contribution in [3.63, 3.8) is 0 Å². The number of amides is 1. The van der Waals surface area contributed by atoms with E-state index in [9.17, 15) is 22.4 Å². The Kier molecular flexibility index (Phi) is 6.07. The van der Waals surface area contributed by atoms with Crippen LogP contribution in [-0.2, 0) is 11.0 Å². The fourth-order valence-electron chi connectivity index (χ4n) is 2.65. The summed E-state index contributed by atoms with van der Waals surface area (Å²) in [4.78, 5) is 19.8. The van der Waals surface area contributed by atoms with E-state index in [1.54, 1.807) is 44.2 Å². The SMILES string of the molecule is CC(Sc1nc(C(F)(F)F)nc2ccccc12)C(=O)NC(C)c1ccc(F)cc1. The van der Waals surface area contributed by atoms with Crippen molar-refractivity contribution in [2.75, 3.05) is 0 Å². The van der Waals surface area contributed by atoms with E-state index in [1.807, 2.05) is 0 Å². The lowest BCUT2D eigenvalue weighted by Crippen LogP contribution is -2.33. The summed E-state index contributed by atoms with van der Waals surface area (Å²) in [6, 6.07) is 11.7. The molecule has 1 N–H and O–H groups in total. The Morgan fingerprint density at radius 1 is 1.03 bits per heavy atom. The topological polar surface area (TPSA) is 54.9 Å². The number of hydrogen-bond acceptors (Lipinski definition) is 4. The van der Waals surface area contributed by atoms with Crippen LogP contribution in [-0.4, -0.2) is 21.1 Å². The predicted octanol–water partition coefficient (Wildman–Crippen LogP) is 5.15. The number of thioether (sulfide) groups is 1.